The average molecular weight is 314 g/mol. The minimum Gasteiger partial charge on any atom is -0.303 e. The number of hydrogen-bond donors (Lipinski definition) is 0. The maximum absolute atomic E-state index is 14.1. The molecule has 23 heavy (non-hydrogen) atoms. The van der Waals surface area contributed by atoms with Gasteiger partial charge in [-0.05, 0) is 26.2 Å². The van der Waals surface area contributed by atoms with Gasteiger partial charge in [-0.1, -0.05) is 11.3 Å². The summed E-state index contributed by atoms with van der Waals surface area (Å²) >= 11 is 0. The van der Waals surface area contributed by atoms with Crippen LogP contribution in [0, 0.1) is 17.1 Å². The van der Waals surface area contributed by atoms with E-state index in [1.165, 1.54) is 6.07 Å². The number of nitrogens with zero attached hydrogens (tertiary/aromatic N) is 6. The molecule has 1 saturated heterocycles. The normalized spacial score (nSPS) is 21.7. The molecule has 0 aliphatic carbocycles. The van der Waals surface area contributed by atoms with E-state index in [9.17, 15) is 4.39 Å². The molecule has 0 bridgehead atoms. The molecule has 0 N–H and O–H groups in total. The van der Waals surface area contributed by atoms with Crippen molar-refractivity contribution >= 4 is 0 Å². The van der Waals surface area contributed by atoms with E-state index in [0.717, 1.165) is 13.1 Å². The highest BCUT2D eigenvalue weighted by molar-refractivity contribution is 5.32. The Kier molecular flexibility index (Phi) is 4.37. The van der Waals surface area contributed by atoms with Crippen LogP contribution in [-0.4, -0.2) is 58.0 Å². The first kappa shape index (κ1) is 15.6. The molecule has 1 fully saturated rings. The third-order valence-corrected chi connectivity index (χ3v) is 4.35. The van der Waals surface area contributed by atoms with Gasteiger partial charge in [0.25, 0.3) is 0 Å². The third kappa shape index (κ3) is 3.23. The van der Waals surface area contributed by atoms with Crippen LogP contribution in [0.4, 0.5) is 4.39 Å². The Morgan fingerprint density at radius 2 is 2.22 bits per heavy atom. The minimum atomic E-state index is -0.324. The number of aromatic nitrogens is 3. The molecule has 0 radical (unpaired) electrons. The smallest absolute Gasteiger partial charge is 0.129 e. The van der Waals surface area contributed by atoms with Crippen molar-refractivity contribution < 1.29 is 4.39 Å². The van der Waals surface area contributed by atoms with Gasteiger partial charge in [0.15, 0.2) is 0 Å². The summed E-state index contributed by atoms with van der Waals surface area (Å²) < 4.78 is 16.0. The van der Waals surface area contributed by atoms with Crippen molar-refractivity contribution in [1.29, 1.82) is 5.26 Å². The summed E-state index contributed by atoms with van der Waals surface area (Å²) in [4.78, 5) is 4.38. The van der Waals surface area contributed by atoms with Crippen molar-refractivity contribution in [2.24, 2.45) is 0 Å². The van der Waals surface area contributed by atoms with Crippen LogP contribution in [0.15, 0.2) is 30.6 Å². The van der Waals surface area contributed by atoms with Gasteiger partial charge in [0.2, 0.25) is 0 Å². The number of benzene rings is 1. The van der Waals surface area contributed by atoms with Crippen molar-refractivity contribution in [1.82, 2.24) is 24.8 Å². The van der Waals surface area contributed by atoms with Gasteiger partial charge >= 0.3 is 0 Å². The zero-order chi connectivity index (χ0) is 16.4. The fourth-order valence-electron chi connectivity index (χ4n) is 3.12. The van der Waals surface area contributed by atoms with Crippen LogP contribution in [0.5, 0.6) is 0 Å². The number of rotatable bonds is 4. The lowest BCUT2D eigenvalue weighted by Crippen LogP contribution is -2.36. The molecule has 2 aromatic rings. The van der Waals surface area contributed by atoms with Crippen LogP contribution in [0.2, 0.25) is 0 Å². The van der Waals surface area contributed by atoms with Gasteiger partial charge in [-0.25, -0.2) is 9.07 Å². The second-order valence-electron chi connectivity index (χ2n) is 6.09. The number of hydrogen-bond acceptors (Lipinski definition) is 5. The molecule has 1 aliphatic rings. The van der Waals surface area contributed by atoms with Crippen LogP contribution in [0.3, 0.4) is 0 Å². The zero-order valence-corrected chi connectivity index (χ0v) is 13.2. The van der Waals surface area contributed by atoms with E-state index in [1.54, 1.807) is 18.3 Å². The zero-order valence-electron chi connectivity index (χ0n) is 13.2. The van der Waals surface area contributed by atoms with E-state index in [1.807, 2.05) is 31.0 Å². The van der Waals surface area contributed by atoms with Gasteiger partial charge in [0, 0.05) is 37.4 Å². The molecule has 1 aromatic carbocycles. The molecular formula is C16H19FN6. The van der Waals surface area contributed by atoms with Crippen molar-refractivity contribution in [2.45, 2.75) is 18.6 Å². The van der Waals surface area contributed by atoms with Crippen LogP contribution < -0.4 is 0 Å². The Morgan fingerprint density at radius 3 is 2.83 bits per heavy atom. The van der Waals surface area contributed by atoms with E-state index in [4.69, 9.17) is 5.26 Å². The Labute approximate surface area is 134 Å². The van der Waals surface area contributed by atoms with Crippen molar-refractivity contribution in [3.8, 4) is 6.07 Å². The molecule has 0 unspecified atom stereocenters. The molecule has 7 heteroatoms. The molecule has 2 heterocycles. The highest BCUT2D eigenvalue weighted by Gasteiger charge is 2.36. The second-order valence-corrected chi connectivity index (χ2v) is 6.09. The Hall–Kier alpha value is -2.30. The summed E-state index contributed by atoms with van der Waals surface area (Å²) in [6, 6.07) is 7.09. The van der Waals surface area contributed by atoms with Crippen LogP contribution in [0.1, 0.15) is 17.2 Å². The quantitative estimate of drug-likeness (QED) is 0.851. The highest BCUT2D eigenvalue weighted by Crippen LogP contribution is 2.26. The summed E-state index contributed by atoms with van der Waals surface area (Å²) in [5, 5.41) is 16.8. The fourth-order valence-corrected chi connectivity index (χ4v) is 3.12. The van der Waals surface area contributed by atoms with Crippen LogP contribution in [0.25, 0.3) is 0 Å². The highest BCUT2D eigenvalue weighted by atomic mass is 19.1. The summed E-state index contributed by atoms with van der Waals surface area (Å²) in [6.45, 7) is 2.13. The van der Waals surface area contributed by atoms with Gasteiger partial charge in [-0.15, -0.1) is 5.10 Å². The first-order chi connectivity index (χ1) is 11.1. The molecule has 6 nitrogen and oxygen atoms in total. The summed E-state index contributed by atoms with van der Waals surface area (Å²) in [5.41, 5.74) is 0.958. The maximum Gasteiger partial charge on any atom is 0.129 e. The van der Waals surface area contributed by atoms with Crippen molar-refractivity contribution in [3.63, 3.8) is 0 Å². The summed E-state index contributed by atoms with van der Waals surface area (Å²) in [6.07, 6.45) is 3.54. The first-order valence-corrected chi connectivity index (χ1v) is 7.51. The van der Waals surface area contributed by atoms with Crippen LogP contribution in [-0.2, 0) is 6.54 Å². The monoisotopic (exact) mass is 314 g/mol. The molecule has 0 amide bonds. The molecule has 0 spiro atoms. The molecule has 1 aromatic heterocycles. The molecular weight excluding hydrogens is 295 g/mol. The third-order valence-electron chi connectivity index (χ3n) is 4.35. The number of halogens is 1. The lowest BCUT2D eigenvalue weighted by atomic mass is 10.1. The van der Waals surface area contributed by atoms with Gasteiger partial charge in [0.05, 0.1) is 23.9 Å². The predicted molar refractivity (Wildman–Crippen MR) is 82.9 cm³/mol. The maximum atomic E-state index is 14.1. The fraction of sp³-hybridized carbons (Fsp3) is 0.438. The summed E-state index contributed by atoms with van der Waals surface area (Å²) in [7, 11) is 4.08. The molecule has 120 valence electrons. The Balaban J connectivity index is 1.76. The number of likely N-dealkylation sites (tertiary alicyclic amines) is 1. The molecule has 3 rings (SSSR count). The van der Waals surface area contributed by atoms with E-state index >= 15 is 0 Å². The Morgan fingerprint density at radius 1 is 1.39 bits per heavy atom. The standard InChI is InChI=1S/C16H19FN6/c1-21(2)15-10-22(11-16(15)23-6-5-19-20-23)9-13-4-3-12(8-18)7-14(13)17/h3-7,15-16H,9-11H2,1-2H3/t15-,16+/m1/s1. The van der Waals surface area contributed by atoms with Gasteiger partial charge < -0.3 is 4.90 Å². The van der Waals surface area contributed by atoms with Crippen molar-refractivity contribution in [2.75, 3.05) is 27.2 Å². The van der Waals surface area contributed by atoms with Gasteiger partial charge in [0.1, 0.15) is 5.82 Å². The summed E-state index contributed by atoms with van der Waals surface area (Å²) in [5.74, 6) is -0.324. The average Bonchev–Trinajstić information content (AvgIpc) is 3.18. The van der Waals surface area contributed by atoms with E-state index < -0.39 is 0 Å². The predicted octanol–water partition coefficient (Wildman–Crippen LogP) is 1.28. The van der Waals surface area contributed by atoms with E-state index in [2.05, 4.69) is 20.1 Å². The molecule has 0 saturated carbocycles. The van der Waals surface area contributed by atoms with E-state index in [0.29, 0.717) is 17.7 Å². The van der Waals surface area contributed by atoms with Gasteiger partial charge in [-0.3, -0.25) is 4.90 Å². The minimum absolute atomic E-state index is 0.189. The van der Waals surface area contributed by atoms with Crippen LogP contribution >= 0.6 is 0 Å². The van der Waals surface area contributed by atoms with E-state index in [-0.39, 0.29) is 17.9 Å². The molecule has 2 atom stereocenters. The number of likely N-dealkylation sites (N-methyl/N-ethyl adjacent to an activating group) is 1. The second kappa shape index (κ2) is 6.44. The lowest BCUT2D eigenvalue weighted by molar-refractivity contribution is 0.237. The Bertz CT molecular complexity index is 706. The van der Waals surface area contributed by atoms with Gasteiger partial charge in [-0.2, -0.15) is 5.26 Å². The SMILES string of the molecule is CN(C)[C@@H]1CN(Cc2ccc(C#N)cc2F)C[C@@H]1n1ccnn1. The lowest BCUT2D eigenvalue weighted by Gasteiger charge is -2.24. The largest absolute Gasteiger partial charge is 0.303 e. The molecule has 1 aliphatic heterocycles. The van der Waals surface area contributed by atoms with Crippen molar-refractivity contribution in [3.05, 3.63) is 47.5 Å². The first-order valence-electron chi connectivity index (χ1n) is 7.51. The number of nitriles is 1. The topological polar surface area (TPSA) is 61.0 Å².